The number of para-hydroxylation sites is 1. The Hall–Kier alpha value is -4.24. The van der Waals surface area contributed by atoms with Crippen LogP contribution in [0.5, 0.6) is 11.5 Å². The number of carbonyl (C=O) groups is 1. The highest BCUT2D eigenvalue weighted by molar-refractivity contribution is 7.92. The molecule has 0 saturated heterocycles. The molecule has 35 heavy (non-hydrogen) atoms. The smallest absolute Gasteiger partial charge is 0.264 e. The first-order chi connectivity index (χ1) is 16.8. The zero-order valence-electron chi connectivity index (χ0n) is 18.3. The monoisotopic (exact) mass is 494 g/mol. The maximum atomic E-state index is 14.0. The van der Waals surface area contributed by atoms with Crippen molar-refractivity contribution in [2.24, 2.45) is 0 Å². The van der Waals surface area contributed by atoms with E-state index in [1.54, 1.807) is 42.5 Å². The highest BCUT2D eigenvalue weighted by atomic mass is 32.2. The Balaban J connectivity index is 1.62. The van der Waals surface area contributed by atoms with Gasteiger partial charge in [0, 0.05) is 6.07 Å². The van der Waals surface area contributed by atoms with E-state index >= 15 is 0 Å². The number of anilines is 2. The Morgan fingerprint density at radius 2 is 1.40 bits per heavy atom. The van der Waals surface area contributed by atoms with Crippen LogP contribution < -0.4 is 14.4 Å². The van der Waals surface area contributed by atoms with E-state index in [-0.39, 0.29) is 16.3 Å². The van der Waals surface area contributed by atoms with Crippen molar-refractivity contribution >= 4 is 27.3 Å². The molecule has 1 N–H and O–H groups in total. The Labute approximate surface area is 201 Å². The Morgan fingerprint density at radius 1 is 0.800 bits per heavy atom. The summed E-state index contributed by atoms with van der Waals surface area (Å²) < 4.78 is 60.6. The second kappa shape index (κ2) is 10.4. The molecule has 0 bridgehead atoms. The van der Waals surface area contributed by atoms with E-state index < -0.39 is 34.1 Å². The van der Waals surface area contributed by atoms with Crippen molar-refractivity contribution in [3.8, 4) is 11.5 Å². The molecule has 6 nitrogen and oxygen atoms in total. The van der Waals surface area contributed by atoms with E-state index in [0.717, 1.165) is 16.4 Å². The van der Waals surface area contributed by atoms with Gasteiger partial charge < -0.3 is 10.1 Å². The van der Waals surface area contributed by atoms with Crippen LogP contribution in [0.4, 0.5) is 20.2 Å². The highest BCUT2D eigenvalue weighted by Gasteiger charge is 2.27. The third-order valence-electron chi connectivity index (χ3n) is 4.93. The number of hydrogen-bond acceptors (Lipinski definition) is 4. The zero-order valence-corrected chi connectivity index (χ0v) is 19.1. The van der Waals surface area contributed by atoms with Gasteiger partial charge in [-0.1, -0.05) is 36.4 Å². The molecule has 0 aliphatic carbocycles. The van der Waals surface area contributed by atoms with Crippen molar-refractivity contribution < 1.29 is 26.7 Å². The van der Waals surface area contributed by atoms with Crippen molar-refractivity contribution in [3.05, 3.63) is 115 Å². The van der Waals surface area contributed by atoms with E-state index in [4.69, 9.17) is 4.74 Å². The number of nitrogens with zero attached hydrogens (tertiary/aromatic N) is 1. The van der Waals surface area contributed by atoms with Crippen LogP contribution in [0.1, 0.15) is 0 Å². The van der Waals surface area contributed by atoms with Crippen LogP contribution in [-0.4, -0.2) is 20.9 Å². The van der Waals surface area contributed by atoms with Gasteiger partial charge in [-0.25, -0.2) is 17.2 Å². The topological polar surface area (TPSA) is 75.7 Å². The molecule has 0 spiro atoms. The van der Waals surface area contributed by atoms with E-state index in [1.165, 1.54) is 24.3 Å². The quantitative estimate of drug-likeness (QED) is 0.346. The predicted octanol–water partition coefficient (Wildman–Crippen LogP) is 5.59. The van der Waals surface area contributed by atoms with Gasteiger partial charge in [-0.3, -0.25) is 9.10 Å². The Bertz CT molecular complexity index is 1420. The molecular formula is C26H20F2N2O4S. The minimum Gasteiger partial charge on any atom is -0.457 e. The van der Waals surface area contributed by atoms with Gasteiger partial charge in [0.1, 0.15) is 29.7 Å². The number of carbonyl (C=O) groups excluding carboxylic acids is 1. The molecule has 178 valence electrons. The number of ether oxygens (including phenoxy) is 1. The standard InChI is InChI=1S/C26H20F2N2O4S/c27-19-11-16-25(24(28)17-19)29-26(31)18-30(35(32,33)23-9-5-2-6-10-23)20-12-14-22(15-13-20)34-21-7-3-1-4-8-21/h1-17H,18H2,(H,29,31). The van der Waals surface area contributed by atoms with Gasteiger partial charge in [0.2, 0.25) is 5.91 Å². The summed E-state index contributed by atoms with van der Waals surface area (Å²) in [5.74, 6) is -1.51. The average molecular weight is 495 g/mol. The molecule has 0 aromatic heterocycles. The lowest BCUT2D eigenvalue weighted by Gasteiger charge is -2.24. The van der Waals surface area contributed by atoms with Crippen LogP contribution in [0.15, 0.2) is 108 Å². The van der Waals surface area contributed by atoms with Crippen molar-refractivity contribution in [1.29, 1.82) is 0 Å². The van der Waals surface area contributed by atoms with E-state index in [0.29, 0.717) is 17.6 Å². The second-order valence-corrected chi connectivity index (χ2v) is 9.27. The highest BCUT2D eigenvalue weighted by Crippen LogP contribution is 2.28. The SMILES string of the molecule is O=C(CN(c1ccc(Oc2ccccc2)cc1)S(=O)(=O)c1ccccc1)Nc1ccc(F)cc1F. The average Bonchev–Trinajstić information content (AvgIpc) is 2.86. The first kappa shape index (κ1) is 23.9. The zero-order chi connectivity index (χ0) is 24.8. The molecule has 4 aromatic rings. The van der Waals surface area contributed by atoms with Gasteiger partial charge in [0.05, 0.1) is 16.3 Å². The fourth-order valence-electron chi connectivity index (χ4n) is 3.25. The largest absolute Gasteiger partial charge is 0.457 e. The second-order valence-electron chi connectivity index (χ2n) is 7.41. The molecule has 1 amide bonds. The number of benzene rings is 4. The summed E-state index contributed by atoms with van der Waals surface area (Å²) in [5, 5.41) is 2.29. The molecule has 4 rings (SSSR count). The van der Waals surface area contributed by atoms with Gasteiger partial charge in [0.25, 0.3) is 10.0 Å². The third kappa shape index (κ3) is 5.82. The van der Waals surface area contributed by atoms with Crippen LogP contribution in [0, 0.1) is 11.6 Å². The molecule has 0 saturated carbocycles. The molecular weight excluding hydrogens is 474 g/mol. The summed E-state index contributed by atoms with van der Waals surface area (Å²) in [6.45, 7) is -0.646. The van der Waals surface area contributed by atoms with Crippen LogP contribution in [-0.2, 0) is 14.8 Å². The van der Waals surface area contributed by atoms with E-state index in [9.17, 15) is 22.0 Å². The van der Waals surface area contributed by atoms with Crippen molar-refractivity contribution in [2.75, 3.05) is 16.2 Å². The predicted molar refractivity (Wildman–Crippen MR) is 129 cm³/mol. The van der Waals surface area contributed by atoms with Crippen LogP contribution >= 0.6 is 0 Å². The summed E-state index contributed by atoms with van der Waals surface area (Å²) in [6, 6.07) is 25.5. The van der Waals surface area contributed by atoms with Gasteiger partial charge in [0.15, 0.2) is 0 Å². The van der Waals surface area contributed by atoms with Crippen LogP contribution in [0.3, 0.4) is 0 Å². The lowest BCUT2D eigenvalue weighted by molar-refractivity contribution is -0.114. The summed E-state index contributed by atoms with van der Waals surface area (Å²) in [5.41, 5.74) is -0.0657. The molecule has 0 heterocycles. The summed E-state index contributed by atoms with van der Waals surface area (Å²) >= 11 is 0. The molecule has 0 unspecified atom stereocenters. The maximum absolute atomic E-state index is 14.0. The summed E-state index contributed by atoms with van der Waals surface area (Å²) in [4.78, 5) is 12.7. The molecule has 0 atom stereocenters. The number of halogens is 2. The number of amides is 1. The molecule has 0 fully saturated rings. The molecule has 0 aliphatic rings. The van der Waals surface area contributed by atoms with Gasteiger partial charge >= 0.3 is 0 Å². The maximum Gasteiger partial charge on any atom is 0.264 e. The number of rotatable bonds is 8. The van der Waals surface area contributed by atoms with E-state index in [1.807, 2.05) is 18.2 Å². The van der Waals surface area contributed by atoms with E-state index in [2.05, 4.69) is 5.32 Å². The fraction of sp³-hybridized carbons (Fsp3) is 0.0385. The lowest BCUT2D eigenvalue weighted by atomic mass is 10.3. The van der Waals surface area contributed by atoms with Crippen LogP contribution in [0.25, 0.3) is 0 Å². The first-order valence-corrected chi connectivity index (χ1v) is 11.9. The number of hydrogen-bond donors (Lipinski definition) is 1. The molecule has 0 radical (unpaired) electrons. The Kier molecular flexibility index (Phi) is 7.07. The molecule has 4 aromatic carbocycles. The fourth-order valence-corrected chi connectivity index (χ4v) is 4.69. The van der Waals surface area contributed by atoms with Gasteiger partial charge in [-0.15, -0.1) is 0 Å². The number of nitrogens with one attached hydrogen (secondary N) is 1. The van der Waals surface area contributed by atoms with Crippen molar-refractivity contribution in [2.45, 2.75) is 4.90 Å². The van der Waals surface area contributed by atoms with Gasteiger partial charge in [-0.05, 0) is 60.7 Å². The van der Waals surface area contributed by atoms with Crippen LogP contribution in [0.2, 0.25) is 0 Å². The Morgan fingerprint density at radius 3 is 2.03 bits per heavy atom. The van der Waals surface area contributed by atoms with Gasteiger partial charge in [-0.2, -0.15) is 0 Å². The lowest BCUT2D eigenvalue weighted by Crippen LogP contribution is -2.38. The molecule has 0 aliphatic heterocycles. The van der Waals surface area contributed by atoms with Crippen molar-refractivity contribution in [1.82, 2.24) is 0 Å². The summed E-state index contributed by atoms with van der Waals surface area (Å²) in [7, 11) is -4.15. The molecule has 9 heteroatoms. The number of sulfonamides is 1. The first-order valence-electron chi connectivity index (χ1n) is 10.5. The minimum atomic E-state index is -4.15. The van der Waals surface area contributed by atoms with Crippen molar-refractivity contribution in [3.63, 3.8) is 0 Å². The normalized spacial score (nSPS) is 11.0. The summed E-state index contributed by atoms with van der Waals surface area (Å²) in [6.07, 6.45) is 0. The third-order valence-corrected chi connectivity index (χ3v) is 6.72. The minimum absolute atomic E-state index is 0.0228.